The van der Waals surface area contributed by atoms with Crippen LogP contribution in [0.5, 0.6) is 0 Å². The summed E-state index contributed by atoms with van der Waals surface area (Å²) in [5.41, 5.74) is 23.5. The zero-order valence-corrected chi connectivity index (χ0v) is 37.5. The number of nitrogens with zero attached hydrogens (tertiary/aromatic N) is 1. The molecule has 14 rings (SSSR count). The van der Waals surface area contributed by atoms with E-state index in [1.54, 1.807) is 0 Å². The molecule has 0 saturated heterocycles. The second-order valence-corrected chi connectivity index (χ2v) is 19.8. The van der Waals surface area contributed by atoms with E-state index in [4.69, 9.17) is 0 Å². The largest absolute Gasteiger partial charge is 0.310 e. The molecular weight excluding hydrogens is 815 g/mol. The Hall–Kier alpha value is -7.78. The summed E-state index contributed by atoms with van der Waals surface area (Å²) in [5, 5.41) is 2.66. The van der Waals surface area contributed by atoms with Gasteiger partial charge in [0.2, 0.25) is 0 Å². The van der Waals surface area contributed by atoms with Crippen LogP contribution in [-0.4, -0.2) is 0 Å². The van der Waals surface area contributed by atoms with Crippen LogP contribution < -0.4 is 4.90 Å². The molecule has 1 aromatic heterocycles. The highest BCUT2D eigenvalue weighted by Crippen LogP contribution is 2.64. The third-order valence-electron chi connectivity index (χ3n) is 15.1. The molecule has 0 N–H and O–H groups in total. The predicted octanol–water partition coefficient (Wildman–Crippen LogP) is 17.5. The van der Waals surface area contributed by atoms with Gasteiger partial charge in [0.25, 0.3) is 0 Å². The van der Waals surface area contributed by atoms with E-state index >= 15 is 0 Å². The van der Waals surface area contributed by atoms with Gasteiger partial charge in [-0.2, -0.15) is 0 Å². The molecule has 0 amide bonds. The maximum absolute atomic E-state index is 2.50. The average molecular weight is 858 g/mol. The summed E-state index contributed by atoms with van der Waals surface area (Å²) >= 11 is 1.93. The van der Waals surface area contributed by atoms with Gasteiger partial charge in [-0.25, -0.2) is 0 Å². The quantitative estimate of drug-likeness (QED) is 0.170. The van der Waals surface area contributed by atoms with Crippen LogP contribution in [0.3, 0.4) is 0 Å². The fourth-order valence-electron chi connectivity index (χ4n) is 12.2. The van der Waals surface area contributed by atoms with Crippen molar-refractivity contribution < 1.29 is 0 Å². The molecule has 1 atom stereocenters. The van der Waals surface area contributed by atoms with E-state index < -0.39 is 5.41 Å². The lowest BCUT2D eigenvalue weighted by Gasteiger charge is -2.36. The zero-order valence-electron chi connectivity index (χ0n) is 36.7. The van der Waals surface area contributed by atoms with E-state index in [0.29, 0.717) is 0 Å². The van der Waals surface area contributed by atoms with Gasteiger partial charge in [-0.1, -0.05) is 196 Å². The first-order chi connectivity index (χ1) is 32.5. The number of anilines is 3. The highest BCUT2D eigenvalue weighted by atomic mass is 32.1. The van der Waals surface area contributed by atoms with Gasteiger partial charge in [0.05, 0.1) is 5.41 Å². The Balaban J connectivity index is 1.05. The van der Waals surface area contributed by atoms with E-state index in [1.165, 1.54) is 109 Å². The Labute approximate surface area is 389 Å². The van der Waals surface area contributed by atoms with E-state index in [-0.39, 0.29) is 5.41 Å². The summed E-state index contributed by atoms with van der Waals surface area (Å²) in [6, 6.07) is 84.6. The molecule has 1 heterocycles. The van der Waals surface area contributed by atoms with Crippen LogP contribution in [0.25, 0.3) is 75.8 Å². The molecule has 10 aromatic carbocycles. The van der Waals surface area contributed by atoms with E-state index in [0.717, 1.165) is 17.1 Å². The van der Waals surface area contributed by atoms with Crippen molar-refractivity contribution >= 4 is 48.6 Å². The number of thiophene rings is 1. The first-order valence-electron chi connectivity index (χ1n) is 23.1. The van der Waals surface area contributed by atoms with Gasteiger partial charge in [0, 0.05) is 48.2 Å². The maximum Gasteiger partial charge on any atom is 0.0726 e. The average Bonchev–Trinajstić information content (AvgIpc) is 3.95. The van der Waals surface area contributed by atoms with Crippen molar-refractivity contribution in [2.45, 2.75) is 24.7 Å². The van der Waals surface area contributed by atoms with Crippen LogP contribution in [0.1, 0.15) is 47.2 Å². The van der Waals surface area contributed by atoms with Crippen molar-refractivity contribution in [2.24, 2.45) is 0 Å². The van der Waals surface area contributed by atoms with E-state index in [1.807, 2.05) is 11.3 Å². The van der Waals surface area contributed by atoms with Crippen LogP contribution in [-0.2, 0) is 10.8 Å². The minimum atomic E-state index is -0.578. The topological polar surface area (TPSA) is 3.24 Å². The molecule has 1 spiro atoms. The van der Waals surface area contributed by atoms with Gasteiger partial charge >= 0.3 is 0 Å². The van der Waals surface area contributed by atoms with Crippen LogP contribution in [0.2, 0.25) is 0 Å². The van der Waals surface area contributed by atoms with Gasteiger partial charge in [0.15, 0.2) is 0 Å². The van der Waals surface area contributed by atoms with Crippen molar-refractivity contribution in [2.75, 3.05) is 4.90 Å². The number of benzene rings is 10. The van der Waals surface area contributed by atoms with Crippen molar-refractivity contribution in [1.82, 2.24) is 0 Å². The summed E-state index contributed by atoms with van der Waals surface area (Å²) in [6.07, 6.45) is 0. The number of fused-ring (bicyclic) bond motifs is 19. The molecule has 0 saturated carbocycles. The second kappa shape index (κ2) is 13.9. The molecule has 0 bridgehead atoms. The summed E-state index contributed by atoms with van der Waals surface area (Å²) in [5.74, 6) is 0. The van der Waals surface area contributed by atoms with E-state index in [9.17, 15) is 0 Å². The van der Waals surface area contributed by atoms with Crippen LogP contribution in [0.15, 0.2) is 224 Å². The smallest absolute Gasteiger partial charge is 0.0726 e. The van der Waals surface area contributed by atoms with Gasteiger partial charge in [-0.05, 0) is 126 Å². The Morgan fingerprint density at radius 1 is 0.333 bits per heavy atom. The van der Waals surface area contributed by atoms with Crippen molar-refractivity contribution in [3.8, 4) is 55.6 Å². The fourth-order valence-corrected chi connectivity index (χ4v) is 13.5. The highest BCUT2D eigenvalue weighted by molar-refractivity contribution is 7.26. The molecule has 1 unspecified atom stereocenters. The minimum absolute atomic E-state index is 0.140. The highest BCUT2D eigenvalue weighted by Gasteiger charge is 2.50. The first-order valence-corrected chi connectivity index (χ1v) is 23.9. The Morgan fingerprint density at radius 2 is 0.848 bits per heavy atom. The second-order valence-electron chi connectivity index (χ2n) is 18.7. The molecule has 11 aromatic rings. The fraction of sp³-hybridized carbons (Fsp3) is 0.0625. The molecule has 2 heteroatoms. The van der Waals surface area contributed by atoms with Gasteiger partial charge < -0.3 is 4.90 Å². The summed E-state index contributed by atoms with van der Waals surface area (Å²) in [7, 11) is 0. The lowest BCUT2D eigenvalue weighted by molar-refractivity contribution is 0.660. The molecule has 66 heavy (non-hydrogen) atoms. The monoisotopic (exact) mass is 857 g/mol. The zero-order chi connectivity index (χ0) is 43.7. The van der Waals surface area contributed by atoms with Crippen LogP contribution in [0, 0.1) is 0 Å². The van der Waals surface area contributed by atoms with Gasteiger partial charge in [0.1, 0.15) is 0 Å². The molecule has 0 aliphatic heterocycles. The Morgan fingerprint density at radius 3 is 1.62 bits per heavy atom. The third kappa shape index (κ3) is 5.05. The lowest BCUT2D eigenvalue weighted by Crippen LogP contribution is -2.29. The minimum Gasteiger partial charge on any atom is -0.310 e. The Kier molecular flexibility index (Phi) is 7.89. The predicted molar refractivity (Wildman–Crippen MR) is 279 cm³/mol. The molecule has 3 aliphatic carbocycles. The van der Waals surface area contributed by atoms with Gasteiger partial charge in [-0.15, -0.1) is 11.3 Å². The van der Waals surface area contributed by atoms with Gasteiger partial charge in [-0.3, -0.25) is 0 Å². The van der Waals surface area contributed by atoms with Crippen molar-refractivity contribution in [3.05, 3.63) is 258 Å². The molecule has 1 nitrogen and oxygen atoms in total. The van der Waals surface area contributed by atoms with Crippen molar-refractivity contribution in [1.29, 1.82) is 0 Å². The summed E-state index contributed by atoms with van der Waals surface area (Å²) < 4.78 is 2.69. The van der Waals surface area contributed by atoms with Crippen molar-refractivity contribution in [3.63, 3.8) is 0 Å². The molecule has 310 valence electrons. The summed E-state index contributed by atoms with van der Waals surface area (Å²) in [6.45, 7) is 4.75. The number of hydrogen-bond acceptors (Lipinski definition) is 2. The van der Waals surface area contributed by atoms with Crippen LogP contribution in [0.4, 0.5) is 17.1 Å². The number of hydrogen-bond donors (Lipinski definition) is 0. The normalized spacial score (nSPS) is 15.6. The third-order valence-corrected chi connectivity index (χ3v) is 16.3. The summed E-state index contributed by atoms with van der Waals surface area (Å²) in [4.78, 5) is 2.49. The standard InChI is InChI=1S/C64H43NS/c1-63(2)54-24-12-8-21-48(54)49-34-32-44(39-59(49)63)65(42-30-28-41(29-31-42)40-16-4-3-5-17-40)43-33-36-57-53(38-43)46-19-7-6-18-45(46)47-20-9-13-25-55(47)64(57)56-26-14-10-23-52(56)61-58(64)37-35-51-50-22-11-15-27-60(50)66-62(51)61/h3-39H,1-2H3. The SMILES string of the molecule is CC1(C)c2ccccc2-c2ccc(N(c3ccc(-c4ccccc4)cc3)c3ccc4c(c3)-c3ccccc3-c3ccccc3C43c4ccccc4-c4c3ccc3c4sc4ccccc43)cc21. The molecule has 0 radical (unpaired) electrons. The Bertz CT molecular complexity index is 3800. The molecule has 3 aliphatic rings. The molecule has 0 fully saturated rings. The molecular formula is C64H43NS. The first kappa shape index (κ1) is 37.6. The van der Waals surface area contributed by atoms with Crippen LogP contribution >= 0.6 is 11.3 Å². The lowest BCUT2D eigenvalue weighted by atomic mass is 9.66. The number of rotatable bonds is 4. The van der Waals surface area contributed by atoms with E-state index in [2.05, 4.69) is 243 Å². The maximum atomic E-state index is 2.50.